The molecule has 0 spiro atoms. The Balaban J connectivity index is 1.28. The first-order chi connectivity index (χ1) is 19.6. The third-order valence-corrected chi connectivity index (χ3v) is 6.21. The van der Waals surface area contributed by atoms with Crippen LogP contribution in [0.15, 0.2) is 73.6 Å². The van der Waals surface area contributed by atoms with E-state index in [4.69, 9.17) is 4.74 Å². The van der Waals surface area contributed by atoms with Crippen LogP contribution in [0.5, 0.6) is 0 Å². The smallest absolute Gasteiger partial charge is 0.410 e. The number of aromatic nitrogens is 3. The van der Waals surface area contributed by atoms with Crippen LogP contribution in [0.4, 0.5) is 32.3 Å². The van der Waals surface area contributed by atoms with Gasteiger partial charge in [-0.25, -0.2) is 24.1 Å². The van der Waals surface area contributed by atoms with Gasteiger partial charge in [-0.2, -0.15) is 0 Å². The molecule has 5 rings (SSSR count). The molecule has 0 atom stereocenters. The molecule has 1 fully saturated rings. The van der Waals surface area contributed by atoms with Crippen molar-refractivity contribution in [3.05, 3.63) is 79.4 Å². The van der Waals surface area contributed by atoms with Gasteiger partial charge in [0.15, 0.2) is 0 Å². The van der Waals surface area contributed by atoms with Crippen LogP contribution < -0.4 is 16.0 Å². The Bertz CT molecular complexity index is 1610. The Hall–Kier alpha value is -5.06. The first-order valence-electron chi connectivity index (χ1n) is 13.0. The number of carbonyl (C=O) groups excluding carboxylic acids is 2. The Morgan fingerprint density at radius 1 is 1.07 bits per heavy atom. The molecule has 4 aromatic rings. The Morgan fingerprint density at radius 2 is 1.88 bits per heavy atom. The molecule has 10 nitrogen and oxygen atoms in total. The van der Waals surface area contributed by atoms with E-state index in [1.54, 1.807) is 47.6 Å². The molecule has 2 aromatic heterocycles. The Morgan fingerprint density at radius 3 is 2.59 bits per heavy atom. The van der Waals surface area contributed by atoms with Crippen molar-refractivity contribution in [3.8, 4) is 11.1 Å². The van der Waals surface area contributed by atoms with Gasteiger partial charge in [-0.1, -0.05) is 18.7 Å². The standard InChI is InChI=1S/C30H30FN7O3/c1-5-25(39)35-20-8-6-7-18(13-20)26-23(31)11-9-19-14-33-28(37-27(19)26)36-21-10-12-24(32-15-21)34-22-16-38(17-22)29(40)41-30(2,3)4/h5-15,22H,1,16-17H2,2-4H3,(H,32,34)(H,35,39)(H,33,36,37). The molecule has 2 amide bonds. The lowest BCUT2D eigenvalue weighted by atomic mass is 10.0. The van der Waals surface area contributed by atoms with Crippen molar-refractivity contribution in [1.82, 2.24) is 19.9 Å². The zero-order chi connectivity index (χ0) is 29.1. The molecule has 0 bridgehead atoms. The lowest BCUT2D eigenvalue weighted by molar-refractivity contribution is -0.111. The van der Waals surface area contributed by atoms with Crippen LogP contribution in [0, 0.1) is 5.82 Å². The van der Waals surface area contributed by atoms with Crippen molar-refractivity contribution < 1.29 is 18.7 Å². The summed E-state index contributed by atoms with van der Waals surface area (Å²) < 4.78 is 20.5. The molecule has 0 aliphatic carbocycles. The van der Waals surface area contributed by atoms with Gasteiger partial charge in [0.1, 0.15) is 17.2 Å². The molecule has 1 aliphatic heterocycles. The second kappa shape index (κ2) is 11.2. The van der Waals surface area contributed by atoms with Crippen LogP contribution in [0.25, 0.3) is 22.0 Å². The lowest BCUT2D eigenvalue weighted by Crippen LogP contribution is -2.58. The lowest BCUT2D eigenvalue weighted by Gasteiger charge is -2.40. The van der Waals surface area contributed by atoms with E-state index in [0.717, 1.165) is 0 Å². The summed E-state index contributed by atoms with van der Waals surface area (Å²) in [6, 6.07) is 13.6. The monoisotopic (exact) mass is 555 g/mol. The van der Waals surface area contributed by atoms with Gasteiger partial charge in [-0.15, -0.1) is 0 Å². The van der Waals surface area contributed by atoms with Crippen LogP contribution in [0.1, 0.15) is 20.8 Å². The second-order valence-electron chi connectivity index (χ2n) is 10.6. The maximum atomic E-state index is 15.1. The first kappa shape index (κ1) is 27.5. The molecule has 3 N–H and O–H groups in total. The highest BCUT2D eigenvalue weighted by atomic mass is 19.1. The highest BCUT2D eigenvalue weighted by Crippen LogP contribution is 2.32. The molecule has 1 aliphatic rings. The molecule has 0 radical (unpaired) electrons. The number of fused-ring (bicyclic) bond motifs is 1. The summed E-state index contributed by atoms with van der Waals surface area (Å²) in [6.45, 7) is 10.0. The zero-order valence-corrected chi connectivity index (χ0v) is 22.9. The minimum absolute atomic E-state index is 0.0783. The van der Waals surface area contributed by atoms with Gasteiger partial charge < -0.3 is 25.6 Å². The average molecular weight is 556 g/mol. The van der Waals surface area contributed by atoms with Crippen molar-refractivity contribution in [2.75, 3.05) is 29.0 Å². The summed E-state index contributed by atoms with van der Waals surface area (Å²) in [5.74, 6) is 0.124. The van der Waals surface area contributed by atoms with E-state index in [1.807, 2.05) is 32.9 Å². The third-order valence-electron chi connectivity index (χ3n) is 6.21. The highest BCUT2D eigenvalue weighted by molar-refractivity contribution is 6.00. The van der Waals surface area contributed by atoms with Crippen LogP contribution in [0.2, 0.25) is 0 Å². The first-order valence-corrected chi connectivity index (χ1v) is 13.0. The number of hydrogen-bond acceptors (Lipinski definition) is 8. The summed E-state index contributed by atoms with van der Waals surface area (Å²) in [7, 11) is 0. The number of benzene rings is 2. The molecule has 2 aromatic carbocycles. The highest BCUT2D eigenvalue weighted by Gasteiger charge is 2.33. The number of nitrogens with one attached hydrogen (secondary N) is 3. The summed E-state index contributed by atoms with van der Waals surface area (Å²) in [6.07, 6.45) is 4.10. The minimum atomic E-state index is -0.528. The van der Waals surface area contributed by atoms with E-state index < -0.39 is 11.4 Å². The fourth-order valence-corrected chi connectivity index (χ4v) is 4.29. The van der Waals surface area contributed by atoms with Crippen LogP contribution in [0.3, 0.4) is 0 Å². The third kappa shape index (κ3) is 6.57. The second-order valence-corrected chi connectivity index (χ2v) is 10.6. The number of amides is 2. The number of anilines is 4. The average Bonchev–Trinajstić information content (AvgIpc) is 2.90. The maximum Gasteiger partial charge on any atom is 0.410 e. The van der Waals surface area contributed by atoms with Gasteiger partial charge in [0, 0.05) is 35.9 Å². The number of carbonyl (C=O) groups is 2. The van der Waals surface area contributed by atoms with E-state index >= 15 is 4.39 Å². The topological polar surface area (TPSA) is 121 Å². The van der Waals surface area contributed by atoms with E-state index in [1.165, 1.54) is 12.1 Å². The number of likely N-dealkylation sites (tertiary alicyclic amines) is 1. The van der Waals surface area contributed by atoms with E-state index in [0.29, 0.717) is 52.3 Å². The molecule has 11 heteroatoms. The fourth-order valence-electron chi connectivity index (χ4n) is 4.29. The molecular weight excluding hydrogens is 525 g/mol. The minimum Gasteiger partial charge on any atom is -0.444 e. The van der Waals surface area contributed by atoms with Crippen molar-refractivity contribution in [3.63, 3.8) is 0 Å². The summed E-state index contributed by atoms with van der Waals surface area (Å²) in [4.78, 5) is 38.9. The number of ether oxygens (including phenoxy) is 1. The largest absolute Gasteiger partial charge is 0.444 e. The predicted molar refractivity (Wildman–Crippen MR) is 156 cm³/mol. The number of nitrogens with zero attached hydrogens (tertiary/aromatic N) is 4. The van der Waals surface area contributed by atoms with Crippen LogP contribution in [-0.2, 0) is 9.53 Å². The van der Waals surface area contributed by atoms with E-state index in [2.05, 4.69) is 37.5 Å². The normalized spacial score (nSPS) is 13.3. The van der Waals surface area contributed by atoms with E-state index in [9.17, 15) is 9.59 Å². The van der Waals surface area contributed by atoms with Gasteiger partial charge in [0.05, 0.1) is 23.4 Å². The molecule has 0 unspecified atom stereocenters. The van der Waals surface area contributed by atoms with Crippen molar-refractivity contribution in [2.45, 2.75) is 32.4 Å². The van der Waals surface area contributed by atoms with Crippen molar-refractivity contribution in [2.24, 2.45) is 0 Å². The molecule has 210 valence electrons. The SMILES string of the molecule is C=CC(=O)Nc1cccc(-c2c(F)ccc3cnc(Nc4ccc(NC5CN(C(=O)OC(C)(C)C)C5)nc4)nc23)c1. The number of hydrogen-bond donors (Lipinski definition) is 3. The maximum absolute atomic E-state index is 15.1. The zero-order valence-electron chi connectivity index (χ0n) is 22.9. The van der Waals surface area contributed by atoms with Gasteiger partial charge in [-0.05, 0) is 68.8 Å². The quantitative estimate of drug-likeness (QED) is 0.247. The predicted octanol–water partition coefficient (Wildman–Crippen LogP) is 5.73. The van der Waals surface area contributed by atoms with E-state index in [-0.39, 0.29) is 24.0 Å². The number of halogens is 1. The Kier molecular flexibility index (Phi) is 7.52. The molecule has 0 saturated carbocycles. The van der Waals surface area contributed by atoms with Gasteiger partial charge in [0.2, 0.25) is 11.9 Å². The molecular formula is C30H30FN7O3. The summed E-state index contributed by atoms with van der Waals surface area (Å²) in [5, 5.41) is 9.77. The van der Waals surface area contributed by atoms with Gasteiger partial charge in [0.25, 0.3) is 0 Å². The fraction of sp³-hybridized carbons (Fsp3) is 0.233. The number of rotatable bonds is 7. The van der Waals surface area contributed by atoms with Crippen LogP contribution in [-0.4, -0.2) is 56.6 Å². The Labute approximate surface area is 236 Å². The van der Waals surface area contributed by atoms with Gasteiger partial charge >= 0.3 is 6.09 Å². The molecule has 3 heterocycles. The van der Waals surface area contributed by atoms with Gasteiger partial charge in [-0.3, -0.25) is 4.79 Å². The number of pyridine rings is 1. The van der Waals surface area contributed by atoms with Crippen molar-refractivity contribution >= 4 is 46.0 Å². The summed E-state index contributed by atoms with van der Waals surface area (Å²) >= 11 is 0. The molecule has 1 saturated heterocycles. The summed E-state index contributed by atoms with van der Waals surface area (Å²) in [5.41, 5.74) is 1.89. The van der Waals surface area contributed by atoms with Crippen LogP contribution >= 0.6 is 0 Å². The van der Waals surface area contributed by atoms with Crippen molar-refractivity contribution in [1.29, 1.82) is 0 Å². The molecule has 41 heavy (non-hydrogen) atoms.